The molecular weight excluding hydrogens is 176 g/mol. The average molecular weight is 192 g/mol. The van der Waals surface area contributed by atoms with E-state index in [1.165, 1.54) is 18.4 Å². The average Bonchev–Trinajstić information content (AvgIpc) is 2.66. The molecule has 2 heteroatoms. The van der Waals surface area contributed by atoms with Crippen LogP contribution in [-0.4, -0.2) is 6.79 Å². The van der Waals surface area contributed by atoms with Gasteiger partial charge >= 0.3 is 0 Å². The van der Waals surface area contributed by atoms with Crippen LogP contribution in [0.2, 0.25) is 0 Å². The first-order valence-electron chi connectivity index (χ1n) is 5.24. The molecule has 1 aromatic rings. The number of ether oxygens (including phenoxy) is 2. The Morgan fingerprint density at radius 3 is 2.57 bits per heavy atom. The summed E-state index contributed by atoms with van der Waals surface area (Å²) >= 11 is 0. The minimum absolute atomic E-state index is 0.363. The molecule has 1 aromatic carbocycles. The molecule has 0 aliphatic carbocycles. The molecular formula is C12H16O2. The molecule has 1 heterocycles. The highest BCUT2D eigenvalue weighted by molar-refractivity contribution is 5.45. The molecule has 14 heavy (non-hydrogen) atoms. The Morgan fingerprint density at radius 1 is 1.14 bits per heavy atom. The summed E-state index contributed by atoms with van der Waals surface area (Å²) in [4.78, 5) is 0. The Bertz CT molecular complexity index is 316. The summed E-state index contributed by atoms with van der Waals surface area (Å²) in [7, 11) is 0. The zero-order valence-corrected chi connectivity index (χ0v) is 8.75. The maximum absolute atomic E-state index is 5.36. The Kier molecular flexibility index (Phi) is 2.62. The second kappa shape index (κ2) is 3.91. The van der Waals surface area contributed by atoms with E-state index in [0.29, 0.717) is 12.7 Å². The van der Waals surface area contributed by atoms with E-state index in [0.717, 1.165) is 11.5 Å². The van der Waals surface area contributed by atoms with Crippen molar-refractivity contribution in [1.29, 1.82) is 0 Å². The Labute approximate surface area is 84.8 Å². The van der Waals surface area contributed by atoms with Gasteiger partial charge in [-0.2, -0.15) is 0 Å². The smallest absolute Gasteiger partial charge is 0.231 e. The third-order valence-corrected chi connectivity index (χ3v) is 2.85. The second-order valence-electron chi connectivity index (χ2n) is 3.63. The second-order valence-corrected chi connectivity index (χ2v) is 3.63. The molecule has 0 fully saturated rings. The standard InChI is InChI=1S/C12H16O2/c1-3-9(4-2)10-5-6-11-12(7-10)14-8-13-11/h5-7,9H,3-4,8H2,1-2H3. The molecule has 0 amide bonds. The highest BCUT2D eigenvalue weighted by Gasteiger charge is 2.15. The first-order chi connectivity index (χ1) is 6.85. The quantitative estimate of drug-likeness (QED) is 0.731. The number of hydrogen-bond acceptors (Lipinski definition) is 2. The van der Waals surface area contributed by atoms with E-state index < -0.39 is 0 Å². The van der Waals surface area contributed by atoms with Crippen molar-refractivity contribution in [2.24, 2.45) is 0 Å². The maximum atomic E-state index is 5.36. The van der Waals surface area contributed by atoms with E-state index in [2.05, 4.69) is 26.0 Å². The minimum Gasteiger partial charge on any atom is -0.454 e. The van der Waals surface area contributed by atoms with Gasteiger partial charge in [0.25, 0.3) is 0 Å². The Hall–Kier alpha value is -1.18. The largest absolute Gasteiger partial charge is 0.454 e. The summed E-state index contributed by atoms with van der Waals surface area (Å²) in [6.45, 7) is 4.80. The Morgan fingerprint density at radius 2 is 1.86 bits per heavy atom. The van der Waals surface area contributed by atoms with Crippen LogP contribution in [-0.2, 0) is 0 Å². The van der Waals surface area contributed by atoms with E-state index >= 15 is 0 Å². The molecule has 0 saturated carbocycles. The van der Waals surface area contributed by atoms with Crippen molar-refractivity contribution in [2.45, 2.75) is 32.6 Å². The van der Waals surface area contributed by atoms with Crippen LogP contribution in [0.5, 0.6) is 11.5 Å². The lowest BCUT2D eigenvalue weighted by molar-refractivity contribution is 0.174. The summed E-state index contributed by atoms with van der Waals surface area (Å²) in [6, 6.07) is 6.27. The highest BCUT2D eigenvalue weighted by atomic mass is 16.7. The van der Waals surface area contributed by atoms with Crippen LogP contribution in [0.1, 0.15) is 38.2 Å². The molecule has 0 aromatic heterocycles. The van der Waals surface area contributed by atoms with Crippen molar-refractivity contribution < 1.29 is 9.47 Å². The van der Waals surface area contributed by atoms with Crippen LogP contribution < -0.4 is 9.47 Å². The summed E-state index contributed by atoms with van der Waals surface area (Å²) < 4.78 is 10.6. The third kappa shape index (κ3) is 1.57. The molecule has 2 nitrogen and oxygen atoms in total. The molecule has 76 valence electrons. The van der Waals surface area contributed by atoms with Gasteiger partial charge in [-0.25, -0.2) is 0 Å². The lowest BCUT2D eigenvalue weighted by atomic mass is 9.94. The van der Waals surface area contributed by atoms with Crippen molar-refractivity contribution in [3.05, 3.63) is 23.8 Å². The number of rotatable bonds is 3. The predicted octanol–water partition coefficient (Wildman–Crippen LogP) is 3.32. The summed E-state index contributed by atoms with van der Waals surface area (Å²) in [5.74, 6) is 2.42. The zero-order chi connectivity index (χ0) is 9.97. The Balaban J connectivity index is 2.27. The van der Waals surface area contributed by atoms with Gasteiger partial charge in [-0.15, -0.1) is 0 Å². The SMILES string of the molecule is CCC(CC)c1ccc2c(c1)OCO2. The monoisotopic (exact) mass is 192 g/mol. The number of fused-ring (bicyclic) bond motifs is 1. The molecule has 1 aliphatic rings. The molecule has 0 saturated heterocycles. The molecule has 1 aliphatic heterocycles. The topological polar surface area (TPSA) is 18.5 Å². The van der Waals surface area contributed by atoms with Gasteiger partial charge in [0, 0.05) is 0 Å². The third-order valence-electron chi connectivity index (χ3n) is 2.85. The molecule has 0 radical (unpaired) electrons. The van der Waals surface area contributed by atoms with E-state index in [1.54, 1.807) is 0 Å². The van der Waals surface area contributed by atoms with Gasteiger partial charge in [0.1, 0.15) is 0 Å². The van der Waals surface area contributed by atoms with Gasteiger partial charge in [0.05, 0.1) is 0 Å². The van der Waals surface area contributed by atoms with Crippen LogP contribution in [0.25, 0.3) is 0 Å². The van der Waals surface area contributed by atoms with Crippen molar-refractivity contribution in [3.63, 3.8) is 0 Å². The molecule has 0 bridgehead atoms. The fraction of sp³-hybridized carbons (Fsp3) is 0.500. The zero-order valence-electron chi connectivity index (χ0n) is 8.75. The predicted molar refractivity (Wildman–Crippen MR) is 55.9 cm³/mol. The lowest BCUT2D eigenvalue weighted by Gasteiger charge is -2.12. The van der Waals surface area contributed by atoms with E-state index in [4.69, 9.17) is 9.47 Å². The van der Waals surface area contributed by atoms with Gasteiger partial charge in [0.15, 0.2) is 11.5 Å². The summed E-state index contributed by atoms with van der Waals surface area (Å²) in [5.41, 5.74) is 1.36. The molecule has 0 N–H and O–H groups in total. The fourth-order valence-corrected chi connectivity index (χ4v) is 1.93. The van der Waals surface area contributed by atoms with Gasteiger partial charge in [-0.1, -0.05) is 19.9 Å². The van der Waals surface area contributed by atoms with Crippen LogP contribution in [0.15, 0.2) is 18.2 Å². The van der Waals surface area contributed by atoms with Crippen molar-refractivity contribution in [2.75, 3.05) is 6.79 Å². The van der Waals surface area contributed by atoms with Gasteiger partial charge in [-0.05, 0) is 36.5 Å². The summed E-state index contributed by atoms with van der Waals surface area (Å²) in [6.07, 6.45) is 2.35. The fourth-order valence-electron chi connectivity index (χ4n) is 1.93. The molecule has 0 unspecified atom stereocenters. The molecule has 0 spiro atoms. The normalized spacial score (nSPS) is 13.6. The molecule has 2 rings (SSSR count). The van der Waals surface area contributed by atoms with Crippen LogP contribution in [0.4, 0.5) is 0 Å². The van der Waals surface area contributed by atoms with Gasteiger partial charge in [-0.3, -0.25) is 0 Å². The van der Waals surface area contributed by atoms with E-state index in [-0.39, 0.29) is 0 Å². The minimum atomic E-state index is 0.363. The van der Waals surface area contributed by atoms with Crippen molar-refractivity contribution >= 4 is 0 Å². The van der Waals surface area contributed by atoms with Crippen LogP contribution in [0.3, 0.4) is 0 Å². The van der Waals surface area contributed by atoms with Gasteiger partial charge < -0.3 is 9.47 Å². The summed E-state index contributed by atoms with van der Waals surface area (Å²) in [5, 5.41) is 0. The lowest BCUT2D eigenvalue weighted by Crippen LogP contribution is -1.95. The number of benzene rings is 1. The first-order valence-corrected chi connectivity index (χ1v) is 5.24. The van der Waals surface area contributed by atoms with E-state index in [9.17, 15) is 0 Å². The van der Waals surface area contributed by atoms with Crippen molar-refractivity contribution in [1.82, 2.24) is 0 Å². The van der Waals surface area contributed by atoms with Crippen LogP contribution in [0, 0.1) is 0 Å². The van der Waals surface area contributed by atoms with Gasteiger partial charge in [0.2, 0.25) is 6.79 Å². The maximum Gasteiger partial charge on any atom is 0.231 e. The highest BCUT2D eigenvalue weighted by Crippen LogP contribution is 2.35. The van der Waals surface area contributed by atoms with Crippen molar-refractivity contribution in [3.8, 4) is 11.5 Å². The van der Waals surface area contributed by atoms with E-state index in [1.807, 2.05) is 6.07 Å². The molecule has 0 atom stereocenters. The number of hydrogen-bond donors (Lipinski definition) is 0. The first kappa shape index (κ1) is 9.38. The van der Waals surface area contributed by atoms with Crippen LogP contribution >= 0.6 is 0 Å².